The summed E-state index contributed by atoms with van der Waals surface area (Å²) in [6.45, 7) is 5.94. The molecule has 110 valence electrons. The van der Waals surface area contributed by atoms with Crippen LogP contribution in [0.15, 0.2) is 24.3 Å². The van der Waals surface area contributed by atoms with Crippen LogP contribution in [0.4, 0.5) is 5.69 Å². The molecule has 2 atom stereocenters. The van der Waals surface area contributed by atoms with E-state index < -0.39 is 0 Å². The second kappa shape index (κ2) is 7.29. The fourth-order valence-electron chi connectivity index (χ4n) is 2.71. The number of carbonyl (C=O) groups is 1. The monoisotopic (exact) mass is 275 g/mol. The lowest BCUT2D eigenvalue weighted by Crippen LogP contribution is -2.29. The third kappa shape index (κ3) is 4.23. The summed E-state index contributed by atoms with van der Waals surface area (Å²) in [5, 5.41) is 9.82. The van der Waals surface area contributed by atoms with E-state index in [2.05, 4.69) is 22.9 Å². The first-order valence-corrected chi connectivity index (χ1v) is 7.57. The largest absolute Gasteiger partial charge is 0.383 e. The van der Waals surface area contributed by atoms with Gasteiger partial charge in [-0.3, -0.25) is 4.79 Å². The number of carbonyl (C=O) groups excluding carboxylic acids is 1. The van der Waals surface area contributed by atoms with Gasteiger partial charge in [-0.05, 0) is 63.9 Å². The van der Waals surface area contributed by atoms with Crippen molar-refractivity contribution in [3.05, 3.63) is 29.8 Å². The Balaban J connectivity index is 1.84. The molecule has 0 aliphatic carbocycles. The van der Waals surface area contributed by atoms with Gasteiger partial charge in [0, 0.05) is 29.9 Å². The Bertz CT molecular complexity index is 424. The minimum absolute atomic E-state index is 0.0118. The molecule has 1 saturated heterocycles. The van der Waals surface area contributed by atoms with Gasteiger partial charge in [-0.1, -0.05) is 0 Å². The smallest absolute Gasteiger partial charge is 0.251 e. The van der Waals surface area contributed by atoms with Crippen molar-refractivity contribution in [3.8, 4) is 0 Å². The zero-order valence-corrected chi connectivity index (χ0v) is 12.4. The minimum Gasteiger partial charge on any atom is -0.383 e. The average molecular weight is 275 g/mol. The molecule has 0 bridgehead atoms. The molecule has 0 radical (unpaired) electrons. The van der Waals surface area contributed by atoms with Gasteiger partial charge in [-0.15, -0.1) is 0 Å². The number of hydrogen-bond acceptors (Lipinski definition) is 3. The van der Waals surface area contributed by atoms with Crippen LogP contribution in [0, 0.1) is 0 Å². The van der Waals surface area contributed by atoms with Crippen molar-refractivity contribution >= 4 is 11.6 Å². The Morgan fingerprint density at radius 2 is 2.15 bits per heavy atom. The summed E-state index contributed by atoms with van der Waals surface area (Å²) in [7, 11) is 0. The van der Waals surface area contributed by atoms with Gasteiger partial charge in [0.05, 0.1) is 0 Å². The lowest BCUT2D eigenvalue weighted by atomic mass is 10.1. The lowest BCUT2D eigenvalue weighted by Gasteiger charge is -2.19. The third-order valence-corrected chi connectivity index (χ3v) is 3.70. The minimum atomic E-state index is -0.0118. The van der Waals surface area contributed by atoms with Gasteiger partial charge in [0.25, 0.3) is 5.91 Å². The van der Waals surface area contributed by atoms with Crippen molar-refractivity contribution in [2.24, 2.45) is 0 Å². The third-order valence-electron chi connectivity index (χ3n) is 3.70. The van der Waals surface area contributed by atoms with Crippen molar-refractivity contribution in [3.63, 3.8) is 0 Å². The van der Waals surface area contributed by atoms with Crippen LogP contribution in [0.1, 0.15) is 43.5 Å². The molecule has 1 fully saturated rings. The molecule has 1 amide bonds. The van der Waals surface area contributed by atoms with Crippen LogP contribution in [0.25, 0.3) is 0 Å². The van der Waals surface area contributed by atoms with Crippen LogP contribution in [-0.2, 0) is 0 Å². The lowest BCUT2D eigenvalue weighted by molar-refractivity contribution is 0.0956. The zero-order valence-electron chi connectivity index (χ0n) is 12.4. The predicted octanol–water partition coefficient (Wildman–Crippen LogP) is 2.38. The summed E-state index contributed by atoms with van der Waals surface area (Å²) in [6.07, 6.45) is 3.71. The summed E-state index contributed by atoms with van der Waals surface area (Å²) < 4.78 is 0. The van der Waals surface area contributed by atoms with Gasteiger partial charge in [-0.2, -0.15) is 0 Å². The van der Waals surface area contributed by atoms with Crippen molar-refractivity contribution in [1.29, 1.82) is 0 Å². The van der Waals surface area contributed by atoms with Gasteiger partial charge >= 0.3 is 0 Å². The van der Waals surface area contributed by atoms with Gasteiger partial charge in [0.2, 0.25) is 0 Å². The Kier molecular flexibility index (Phi) is 5.41. The summed E-state index contributed by atoms with van der Waals surface area (Å²) in [5.74, 6) is -0.0118. The highest BCUT2D eigenvalue weighted by Gasteiger charge is 2.16. The van der Waals surface area contributed by atoms with E-state index >= 15 is 0 Å². The molecular weight excluding hydrogens is 250 g/mol. The molecule has 1 aliphatic rings. The summed E-state index contributed by atoms with van der Waals surface area (Å²) in [4.78, 5) is 11.7. The second-order valence-electron chi connectivity index (χ2n) is 5.51. The van der Waals surface area contributed by atoms with Crippen LogP contribution < -0.4 is 16.0 Å². The maximum absolute atomic E-state index is 11.7. The first-order chi connectivity index (χ1) is 9.69. The van der Waals surface area contributed by atoms with Crippen LogP contribution in [0.2, 0.25) is 0 Å². The normalized spacial score (nSPS) is 19.6. The Morgan fingerprint density at radius 3 is 2.75 bits per heavy atom. The molecule has 1 heterocycles. The van der Waals surface area contributed by atoms with Crippen molar-refractivity contribution in [2.45, 2.75) is 45.2 Å². The molecule has 4 nitrogen and oxygen atoms in total. The molecule has 2 unspecified atom stereocenters. The molecule has 1 aliphatic heterocycles. The Labute approximate surface area is 121 Å². The SMILES string of the molecule is CCNC(=O)c1ccc(NC(C)CC2CCCN2)cc1. The molecule has 0 aromatic heterocycles. The first-order valence-electron chi connectivity index (χ1n) is 7.57. The number of rotatable bonds is 6. The van der Waals surface area contributed by atoms with Crippen molar-refractivity contribution < 1.29 is 4.79 Å². The molecule has 4 heteroatoms. The van der Waals surface area contributed by atoms with Crippen LogP contribution >= 0.6 is 0 Å². The average Bonchev–Trinajstić information content (AvgIpc) is 2.92. The van der Waals surface area contributed by atoms with Crippen LogP contribution in [0.3, 0.4) is 0 Å². The maximum Gasteiger partial charge on any atom is 0.251 e. The molecule has 3 N–H and O–H groups in total. The van der Waals surface area contributed by atoms with E-state index in [4.69, 9.17) is 0 Å². The quantitative estimate of drug-likeness (QED) is 0.747. The van der Waals surface area contributed by atoms with Gasteiger partial charge in [0.15, 0.2) is 0 Å². The molecule has 0 spiro atoms. The highest BCUT2D eigenvalue weighted by atomic mass is 16.1. The molecule has 20 heavy (non-hydrogen) atoms. The second-order valence-corrected chi connectivity index (χ2v) is 5.51. The van der Waals surface area contributed by atoms with E-state index in [9.17, 15) is 4.79 Å². The topological polar surface area (TPSA) is 53.2 Å². The fourth-order valence-corrected chi connectivity index (χ4v) is 2.71. The maximum atomic E-state index is 11.7. The van der Waals surface area contributed by atoms with E-state index in [0.29, 0.717) is 24.2 Å². The zero-order chi connectivity index (χ0) is 14.4. The number of nitrogens with one attached hydrogen (secondary N) is 3. The summed E-state index contributed by atoms with van der Waals surface area (Å²) >= 11 is 0. The summed E-state index contributed by atoms with van der Waals surface area (Å²) in [6, 6.07) is 8.77. The molecule has 1 aromatic carbocycles. The number of amides is 1. The number of anilines is 1. The van der Waals surface area contributed by atoms with E-state index in [-0.39, 0.29) is 5.91 Å². The highest BCUT2D eigenvalue weighted by Crippen LogP contribution is 2.15. The fraction of sp³-hybridized carbons (Fsp3) is 0.562. The van der Waals surface area contributed by atoms with E-state index in [1.807, 2.05) is 31.2 Å². The van der Waals surface area contributed by atoms with E-state index in [1.54, 1.807) is 0 Å². The first kappa shape index (κ1) is 14.9. The predicted molar refractivity (Wildman–Crippen MR) is 83.2 cm³/mol. The molecule has 1 aromatic rings. The highest BCUT2D eigenvalue weighted by molar-refractivity contribution is 5.94. The molecule has 0 saturated carbocycles. The van der Waals surface area contributed by atoms with Crippen molar-refractivity contribution in [2.75, 3.05) is 18.4 Å². The molecular formula is C16H25N3O. The number of benzene rings is 1. The van der Waals surface area contributed by atoms with Gasteiger partial charge in [-0.25, -0.2) is 0 Å². The molecule has 2 rings (SSSR count). The Morgan fingerprint density at radius 1 is 1.40 bits per heavy atom. The summed E-state index contributed by atoms with van der Waals surface area (Å²) in [5.41, 5.74) is 1.78. The van der Waals surface area contributed by atoms with Crippen LogP contribution in [-0.4, -0.2) is 31.1 Å². The van der Waals surface area contributed by atoms with E-state index in [1.165, 1.54) is 12.8 Å². The van der Waals surface area contributed by atoms with E-state index in [0.717, 1.165) is 18.7 Å². The van der Waals surface area contributed by atoms with Crippen LogP contribution in [0.5, 0.6) is 0 Å². The van der Waals surface area contributed by atoms with Crippen molar-refractivity contribution in [1.82, 2.24) is 10.6 Å². The number of hydrogen-bond donors (Lipinski definition) is 3. The van der Waals surface area contributed by atoms with Gasteiger partial charge < -0.3 is 16.0 Å². The van der Waals surface area contributed by atoms with Gasteiger partial charge in [0.1, 0.15) is 0 Å². The standard InChI is InChI=1S/C16H25N3O/c1-3-17-16(20)13-6-8-14(9-7-13)19-12(2)11-15-5-4-10-18-15/h6-9,12,15,18-19H,3-5,10-11H2,1-2H3,(H,17,20). The Hall–Kier alpha value is -1.55.